The lowest BCUT2D eigenvalue weighted by Crippen LogP contribution is -2.35. The quantitative estimate of drug-likeness (QED) is 0.856. The van der Waals surface area contributed by atoms with Crippen molar-refractivity contribution >= 4 is 33.0 Å². The van der Waals surface area contributed by atoms with E-state index in [-0.39, 0.29) is 11.9 Å². The summed E-state index contributed by atoms with van der Waals surface area (Å²) in [5.41, 5.74) is 0.845. The monoisotopic (exact) mass is 234 g/mol. The molecule has 0 aliphatic carbocycles. The molecular formula is C12H14N2OS. The van der Waals surface area contributed by atoms with Crippen LogP contribution in [0.3, 0.4) is 0 Å². The van der Waals surface area contributed by atoms with E-state index in [1.165, 1.54) is 10.1 Å². The van der Waals surface area contributed by atoms with Crippen LogP contribution in [0.15, 0.2) is 29.6 Å². The minimum absolute atomic E-state index is 0.0166. The van der Waals surface area contributed by atoms with Crippen LogP contribution in [0, 0.1) is 0 Å². The Kier molecular flexibility index (Phi) is 3.22. The number of amides is 1. The summed E-state index contributed by atoms with van der Waals surface area (Å²) in [5.74, 6) is -0.0166. The smallest absolute Gasteiger partial charge is 0.241 e. The van der Waals surface area contributed by atoms with E-state index >= 15 is 0 Å². The Morgan fingerprint density at radius 1 is 1.38 bits per heavy atom. The molecule has 2 N–H and O–H groups in total. The predicted molar refractivity (Wildman–Crippen MR) is 69.0 cm³/mol. The van der Waals surface area contributed by atoms with Crippen LogP contribution in [0.1, 0.15) is 6.92 Å². The van der Waals surface area contributed by atoms with Gasteiger partial charge < -0.3 is 10.6 Å². The van der Waals surface area contributed by atoms with E-state index in [0.29, 0.717) is 0 Å². The molecule has 0 saturated heterocycles. The molecule has 0 spiro atoms. The van der Waals surface area contributed by atoms with E-state index in [9.17, 15) is 4.79 Å². The van der Waals surface area contributed by atoms with Gasteiger partial charge in [-0.25, -0.2) is 0 Å². The van der Waals surface area contributed by atoms with Gasteiger partial charge in [-0.15, -0.1) is 11.3 Å². The lowest BCUT2D eigenvalue weighted by atomic mass is 10.2. The summed E-state index contributed by atoms with van der Waals surface area (Å²) in [7, 11) is 1.77. The summed E-state index contributed by atoms with van der Waals surface area (Å²) in [6.07, 6.45) is 0. The Bertz CT molecular complexity index is 506. The Labute approximate surface area is 98.5 Å². The SMILES string of the molecule is CNC(C)C(=O)Nc1ccc2sccc2c1. The molecule has 1 atom stereocenters. The molecule has 1 heterocycles. The second-order valence-electron chi connectivity index (χ2n) is 3.67. The second kappa shape index (κ2) is 4.63. The van der Waals surface area contributed by atoms with Gasteiger partial charge in [-0.3, -0.25) is 4.79 Å². The van der Waals surface area contributed by atoms with Gasteiger partial charge in [-0.05, 0) is 49.0 Å². The predicted octanol–water partition coefficient (Wildman–Crippen LogP) is 2.45. The van der Waals surface area contributed by atoms with Crippen molar-refractivity contribution in [2.75, 3.05) is 12.4 Å². The van der Waals surface area contributed by atoms with Crippen molar-refractivity contribution in [3.05, 3.63) is 29.6 Å². The number of thiophene rings is 1. The van der Waals surface area contributed by atoms with Gasteiger partial charge in [0.15, 0.2) is 0 Å². The Balaban J connectivity index is 2.17. The Morgan fingerprint density at radius 2 is 2.19 bits per heavy atom. The van der Waals surface area contributed by atoms with E-state index in [1.54, 1.807) is 18.4 Å². The number of hydrogen-bond donors (Lipinski definition) is 2. The van der Waals surface area contributed by atoms with Crippen LogP contribution in [0.5, 0.6) is 0 Å². The van der Waals surface area contributed by atoms with Crippen molar-refractivity contribution in [1.29, 1.82) is 0 Å². The first-order chi connectivity index (χ1) is 7.70. The molecule has 3 nitrogen and oxygen atoms in total. The van der Waals surface area contributed by atoms with Crippen molar-refractivity contribution in [1.82, 2.24) is 5.32 Å². The van der Waals surface area contributed by atoms with Gasteiger partial charge in [0.1, 0.15) is 0 Å². The van der Waals surface area contributed by atoms with Gasteiger partial charge in [0.2, 0.25) is 5.91 Å². The molecule has 1 aromatic heterocycles. The molecule has 0 radical (unpaired) electrons. The molecule has 84 valence electrons. The molecule has 0 saturated carbocycles. The van der Waals surface area contributed by atoms with Gasteiger partial charge >= 0.3 is 0 Å². The number of nitrogens with one attached hydrogen (secondary N) is 2. The first-order valence-electron chi connectivity index (χ1n) is 5.16. The van der Waals surface area contributed by atoms with Gasteiger partial charge in [0.25, 0.3) is 0 Å². The van der Waals surface area contributed by atoms with Crippen LogP contribution < -0.4 is 10.6 Å². The standard InChI is InChI=1S/C12H14N2OS/c1-8(13-2)12(15)14-10-3-4-11-9(7-10)5-6-16-11/h3-8,13H,1-2H3,(H,14,15). The van der Waals surface area contributed by atoms with Crippen molar-refractivity contribution in [3.8, 4) is 0 Å². The summed E-state index contributed by atoms with van der Waals surface area (Å²) in [6, 6.07) is 7.82. The zero-order valence-corrected chi connectivity index (χ0v) is 10.1. The highest BCUT2D eigenvalue weighted by molar-refractivity contribution is 7.17. The summed E-state index contributed by atoms with van der Waals surface area (Å²) >= 11 is 1.70. The highest BCUT2D eigenvalue weighted by atomic mass is 32.1. The number of anilines is 1. The molecule has 0 aliphatic heterocycles. The molecule has 0 bridgehead atoms. The summed E-state index contributed by atoms with van der Waals surface area (Å²) in [5, 5.41) is 9.00. The maximum Gasteiger partial charge on any atom is 0.241 e. The number of benzene rings is 1. The molecule has 2 rings (SSSR count). The van der Waals surface area contributed by atoms with E-state index in [1.807, 2.05) is 30.5 Å². The zero-order chi connectivity index (χ0) is 11.5. The lowest BCUT2D eigenvalue weighted by Gasteiger charge is -2.10. The van der Waals surface area contributed by atoms with Gasteiger partial charge in [-0.1, -0.05) is 0 Å². The molecule has 1 aromatic carbocycles. The topological polar surface area (TPSA) is 41.1 Å². The Morgan fingerprint density at radius 3 is 2.94 bits per heavy atom. The van der Waals surface area contributed by atoms with Crippen molar-refractivity contribution in [2.24, 2.45) is 0 Å². The number of rotatable bonds is 3. The summed E-state index contributed by atoms with van der Waals surface area (Å²) < 4.78 is 1.24. The molecule has 2 aromatic rings. The zero-order valence-electron chi connectivity index (χ0n) is 9.28. The van der Waals surface area contributed by atoms with Crippen LogP contribution in [0.25, 0.3) is 10.1 Å². The van der Waals surface area contributed by atoms with E-state index in [2.05, 4.69) is 16.7 Å². The summed E-state index contributed by atoms with van der Waals surface area (Å²) in [6.45, 7) is 1.83. The Hall–Kier alpha value is -1.39. The first kappa shape index (κ1) is 11.1. The van der Waals surface area contributed by atoms with E-state index in [4.69, 9.17) is 0 Å². The highest BCUT2D eigenvalue weighted by Crippen LogP contribution is 2.23. The number of fused-ring (bicyclic) bond motifs is 1. The fraction of sp³-hybridized carbons (Fsp3) is 0.250. The van der Waals surface area contributed by atoms with E-state index in [0.717, 1.165) is 5.69 Å². The minimum Gasteiger partial charge on any atom is -0.325 e. The van der Waals surface area contributed by atoms with Crippen molar-refractivity contribution in [3.63, 3.8) is 0 Å². The molecule has 0 fully saturated rings. The fourth-order valence-electron chi connectivity index (χ4n) is 1.43. The van der Waals surface area contributed by atoms with E-state index < -0.39 is 0 Å². The van der Waals surface area contributed by atoms with Gasteiger partial charge in [0.05, 0.1) is 6.04 Å². The summed E-state index contributed by atoms with van der Waals surface area (Å²) in [4.78, 5) is 11.6. The van der Waals surface area contributed by atoms with Crippen LogP contribution in [0.2, 0.25) is 0 Å². The average molecular weight is 234 g/mol. The third kappa shape index (κ3) is 2.23. The van der Waals surface area contributed by atoms with Crippen LogP contribution >= 0.6 is 11.3 Å². The fourth-order valence-corrected chi connectivity index (χ4v) is 2.20. The molecule has 1 amide bonds. The number of carbonyl (C=O) groups is 1. The third-order valence-corrected chi connectivity index (χ3v) is 3.44. The van der Waals surface area contributed by atoms with Crippen LogP contribution in [-0.4, -0.2) is 19.0 Å². The lowest BCUT2D eigenvalue weighted by molar-refractivity contribution is -0.117. The number of carbonyl (C=O) groups excluding carboxylic acids is 1. The van der Waals surface area contributed by atoms with Gasteiger partial charge in [-0.2, -0.15) is 0 Å². The first-order valence-corrected chi connectivity index (χ1v) is 6.04. The van der Waals surface area contributed by atoms with Crippen molar-refractivity contribution < 1.29 is 4.79 Å². The largest absolute Gasteiger partial charge is 0.325 e. The molecule has 4 heteroatoms. The number of likely N-dealkylation sites (N-methyl/N-ethyl adjacent to an activating group) is 1. The maximum atomic E-state index is 11.6. The number of hydrogen-bond acceptors (Lipinski definition) is 3. The molecule has 16 heavy (non-hydrogen) atoms. The molecule has 1 unspecified atom stereocenters. The second-order valence-corrected chi connectivity index (χ2v) is 4.62. The average Bonchev–Trinajstić information content (AvgIpc) is 2.75. The minimum atomic E-state index is -0.182. The van der Waals surface area contributed by atoms with Crippen molar-refractivity contribution in [2.45, 2.75) is 13.0 Å². The van der Waals surface area contributed by atoms with Crippen LogP contribution in [0.4, 0.5) is 5.69 Å². The highest BCUT2D eigenvalue weighted by Gasteiger charge is 2.10. The molecular weight excluding hydrogens is 220 g/mol. The maximum absolute atomic E-state index is 11.6. The van der Waals surface area contributed by atoms with Crippen LogP contribution in [-0.2, 0) is 4.79 Å². The molecule has 0 aliphatic rings. The normalized spacial score (nSPS) is 12.6. The third-order valence-electron chi connectivity index (χ3n) is 2.55. The van der Waals surface area contributed by atoms with Gasteiger partial charge in [0, 0.05) is 10.4 Å².